The van der Waals surface area contributed by atoms with Crippen LogP contribution in [0.25, 0.3) is 21.1 Å². The molecule has 0 saturated heterocycles. The number of thioether (sulfide) groups is 1. The van der Waals surface area contributed by atoms with Crippen LogP contribution in [0.5, 0.6) is 0 Å². The maximum absolute atomic E-state index is 13.3. The maximum atomic E-state index is 13.3. The van der Waals surface area contributed by atoms with E-state index in [0.717, 1.165) is 35.9 Å². The molecule has 1 aliphatic carbocycles. The molecule has 4 heterocycles. The van der Waals surface area contributed by atoms with Crippen LogP contribution in [0.1, 0.15) is 34.9 Å². The van der Waals surface area contributed by atoms with Gasteiger partial charge in [0.15, 0.2) is 5.16 Å². The van der Waals surface area contributed by atoms with Crippen molar-refractivity contribution < 1.29 is 4.42 Å². The summed E-state index contributed by atoms with van der Waals surface area (Å²) in [5.74, 6) is 1.58. The van der Waals surface area contributed by atoms with Crippen LogP contribution in [0, 0.1) is 0 Å². The molecule has 1 N–H and O–H groups in total. The topological polar surface area (TPSA) is 93.8 Å². The third kappa shape index (κ3) is 3.87. The van der Waals surface area contributed by atoms with Crippen LogP contribution < -0.4 is 11.1 Å². The Morgan fingerprint density at radius 3 is 2.91 bits per heavy atom. The highest BCUT2D eigenvalue weighted by atomic mass is 35.5. The van der Waals surface area contributed by atoms with E-state index in [1.54, 1.807) is 46.4 Å². The number of thiophene rings is 1. The number of fused-ring (bicyclic) bond motifs is 4. The van der Waals surface area contributed by atoms with Gasteiger partial charge in [-0.05, 0) is 61.6 Å². The van der Waals surface area contributed by atoms with E-state index in [-0.39, 0.29) is 17.7 Å². The maximum Gasteiger partial charge on any atom is 0.262 e. The molecule has 5 aromatic rings. The molecule has 7 nitrogen and oxygen atoms in total. The fraction of sp³-hybridized carbons (Fsp3) is 0.250. The predicted octanol–water partition coefficient (Wildman–Crippen LogP) is 5.16. The Kier molecular flexibility index (Phi) is 5.55. The van der Waals surface area contributed by atoms with Crippen molar-refractivity contribution in [2.75, 3.05) is 0 Å². The highest BCUT2D eigenvalue weighted by molar-refractivity contribution is 7.98. The first-order chi connectivity index (χ1) is 16.6. The molecule has 34 heavy (non-hydrogen) atoms. The first kappa shape index (κ1) is 21.6. The van der Waals surface area contributed by atoms with Crippen LogP contribution in [0.4, 0.5) is 0 Å². The first-order valence-corrected chi connectivity index (χ1v) is 13.1. The normalized spacial score (nSPS) is 13.6. The smallest absolute Gasteiger partial charge is 0.262 e. The largest absolute Gasteiger partial charge is 0.467 e. The summed E-state index contributed by atoms with van der Waals surface area (Å²) in [5.41, 5.74) is 1.42. The van der Waals surface area contributed by atoms with Crippen LogP contribution >= 0.6 is 34.7 Å². The molecule has 6 rings (SSSR count). The second kappa shape index (κ2) is 8.72. The van der Waals surface area contributed by atoms with Gasteiger partial charge in [0.1, 0.15) is 16.4 Å². The minimum atomic E-state index is -0.177. The van der Waals surface area contributed by atoms with Crippen LogP contribution in [-0.4, -0.2) is 19.5 Å². The molecular weight excluding hydrogens is 492 g/mol. The standard InChI is InChI=1S/C24H19ClN4O3S2/c25-13-7-8-15-17(10-13)26-24(29(23(15)31)11-14-4-3-9-32-14)33-12-19-27-21(30)20-16-5-1-2-6-18(16)34-22(20)28-19/h3-4,7-10H,1-2,5-6,11-12H2,(H,27,28,30). The zero-order valence-corrected chi connectivity index (χ0v) is 20.4. The number of rotatable bonds is 5. The lowest BCUT2D eigenvalue weighted by molar-refractivity contribution is 0.476. The van der Waals surface area contributed by atoms with Crippen LogP contribution in [0.15, 0.2) is 55.8 Å². The zero-order chi connectivity index (χ0) is 23.2. The molecule has 1 aromatic carbocycles. The number of hydrogen-bond acceptors (Lipinski definition) is 7. The van der Waals surface area contributed by atoms with Gasteiger partial charge < -0.3 is 9.40 Å². The van der Waals surface area contributed by atoms with Crippen molar-refractivity contribution in [3.8, 4) is 0 Å². The third-order valence-electron chi connectivity index (χ3n) is 5.99. The van der Waals surface area contributed by atoms with E-state index in [1.165, 1.54) is 22.2 Å². The highest BCUT2D eigenvalue weighted by Gasteiger charge is 2.20. The molecule has 1 aliphatic rings. The van der Waals surface area contributed by atoms with Crippen molar-refractivity contribution in [3.63, 3.8) is 0 Å². The summed E-state index contributed by atoms with van der Waals surface area (Å²) in [6, 6.07) is 8.65. The van der Waals surface area contributed by atoms with Gasteiger partial charge in [-0.1, -0.05) is 23.4 Å². The van der Waals surface area contributed by atoms with E-state index in [1.807, 2.05) is 6.07 Å². The van der Waals surface area contributed by atoms with E-state index in [2.05, 4.69) is 4.98 Å². The molecule has 0 amide bonds. The molecule has 0 bridgehead atoms. The fourth-order valence-corrected chi connectivity index (χ4v) is 6.71. The van der Waals surface area contributed by atoms with Crippen molar-refractivity contribution in [2.45, 2.75) is 43.1 Å². The van der Waals surface area contributed by atoms with Gasteiger partial charge in [-0.25, -0.2) is 9.97 Å². The summed E-state index contributed by atoms with van der Waals surface area (Å²) in [5, 5.41) is 2.24. The summed E-state index contributed by atoms with van der Waals surface area (Å²) >= 11 is 9.12. The number of halogens is 1. The quantitative estimate of drug-likeness (QED) is 0.259. The third-order valence-corrected chi connectivity index (χ3v) is 8.40. The first-order valence-electron chi connectivity index (χ1n) is 11.0. The lowest BCUT2D eigenvalue weighted by atomic mass is 9.97. The molecule has 4 aromatic heterocycles. The number of furan rings is 1. The number of aryl methyl sites for hydroxylation is 2. The summed E-state index contributed by atoms with van der Waals surface area (Å²) < 4.78 is 7.05. The number of nitrogens with one attached hydrogen (secondary N) is 1. The van der Waals surface area contributed by atoms with Crippen molar-refractivity contribution in [2.24, 2.45) is 0 Å². The van der Waals surface area contributed by atoms with Crippen molar-refractivity contribution in [3.05, 3.63) is 84.4 Å². The Balaban J connectivity index is 1.39. The summed E-state index contributed by atoms with van der Waals surface area (Å²) in [7, 11) is 0. The number of H-pyrrole nitrogens is 1. The van der Waals surface area contributed by atoms with Gasteiger partial charge in [-0.3, -0.25) is 14.2 Å². The van der Waals surface area contributed by atoms with Gasteiger partial charge in [-0.15, -0.1) is 11.3 Å². The van der Waals surface area contributed by atoms with Gasteiger partial charge in [-0.2, -0.15) is 0 Å². The predicted molar refractivity (Wildman–Crippen MR) is 135 cm³/mol. The van der Waals surface area contributed by atoms with E-state index in [0.29, 0.717) is 38.4 Å². The molecule has 0 saturated carbocycles. The molecule has 0 aliphatic heterocycles. The lowest BCUT2D eigenvalue weighted by Gasteiger charge is -2.12. The Hall–Kier alpha value is -2.88. The summed E-state index contributed by atoms with van der Waals surface area (Å²) in [6.45, 7) is 0.250. The van der Waals surface area contributed by atoms with E-state index in [4.69, 9.17) is 26.0 Å². The van der Waals surface area contributed by atoms with Gasteiger partial charge in [0.2, 0.25) is 0 Å². The average molecular weight is 511 g/mol. The molecule has 0 unspecified atom stereocenters. The van der Waals surface area contributed by atoms with Crippen molar-refractivity contribution >= 4 is 55.8 Å². The molecule has 0 atom stereocenters. The molecule has 0 spiro atoms. The van der Waals surface area contributed by atoms with Gasteiger partial charge in [0, 0.05) is 9.90 Å². The lowest BCUT2D eigenvalue weighted by Crippen LogP contribution is -2.24. The SMILES string of the molecule is O=c1[nH]c(CSc2nc3cc(Cl)ccc3c(=O)n2Cc2ccco2)nc2sc3c(c12)CCCC3. The van der Waals surface area contributed by atoms with Crippen molar-refractivity contribution in [1.82, 2.24) is 19.5 Å². The number of hydrogen-bond donors (Lipinski definition) is 1. The Morgan fingerprint density at radius 1 is 1.18 bits per heavy atom. The second-order valence-electron chi connectivity index (χ2n) is 8.22. The number of nitrogens with zero attached hydrogens (tertiary/aromatic N) is 3. The second-order valence-corrected chi connectivity index (χ2v) is 10.7. The Labute approximate surface area is 206 Å². The highest BCUT2D eigenvalue weighted by Crippen LogP contribution is 2.34. The minimum Gasteiger partial charge on any atom is -0.467 e. The van der Waals surface area contributed by atoms with Crippen LogP contribution in [-0.2, 0) is 25.1 Å². The summed E-state index contributed by atoms with van der Waals surface area (Å²) in [4.78, 5) is 40.7. The van der Waals surface area contributed by atoms with Crippen molar-refractivity contribution in [1.29, 1.82) is 0 Å². The fourth-order valence-electron chi connectivity index (χ4n) is 4.39. The van der Waals surface area contributed by atoms with Gasteiger partial charge >= 0.3 is 0 Å². The molecule has 0 radical (unpaired) electrons. The summed E-state index contributed by atoms with van der Waals surface area (Å²) in [6.07, 6.45) is 5.80. The molecule has 172 valence electrons. The molecule has 0 fully saturated rings. The Morgan fingerprint density at radius 2 is 2.06 bits per heavy atom. The van der Waals surface area contributed by atoms with E-state index in [9.17, 15) is 9.59 Å². The number of aromatic amines is 1. The molecule has 10 heteroatoms. The monoisotopic (exact) mass is 510 g/mol. The van der Waals surface area contributed by atoms with E-state index < -0.39 is 0 Å². The van der Waals surface area contributed by atoms with E-state index >= 15 is 0 Å². The van der Waals surface area contributed by atoms with Crippen LogP contribution in [0.2, 0.25) is 5.02 Å². The van der Waals surface area contributed by atoms with Crippen LogP contribution in [0.3, 0.4) is 0 Å². The Bertz CT molecular complexity index is 1650. The number of aromatic nitrogens is 4. The molecular formula is C24H19ClN4O3S2. The zero-order valence-electron chi connectivity index (χ0n) is 18.0. The van der Waals surface area contributed by atoms with Gasteiger partial charge in [0.05, 0.1) is 34.8 Å². The van der Waals surface area contributed by atoms with Gasteiger partial charge in [0.25, 0.3) is 11.1 Å². The number of benzene rings is 1. The average Bonchev–Trinajstić information content (AvgIpc) is 3.47. The minimum absolute atomic E-state index is 0.0915.